The number of nitrogens with zero attached hydrogens (tertiary/aromatic N) is 1. The zero-order valence-electron chi connectivity index (χ0n) is 20.2. The molecule has 0 spiro atoms. The average molecular weight is 592 g/mol. The first-order valence-electron chi connectivity index (χ1n) is 11.7. The number of rotatable bonds is 11. The molecule has 0 heterocycles. The Bertz CT molecular complexity index is 1170. The van der Waals surface area contributed by atoms with Gasteiger partial charge in [0.1, 0.15) is 11.8 Å². The molecule has 0 radical (unpaired) electrons. The lowest BCUT2D eigenvalue weighted by molar-refractivity contribution is -0.142. The fraction of sp³-hybridized carbons (Fsp3) is 0.286. The van der Waals surface area contributed by atoms with Crippen molar-refractivity contribution >= 4 is 50.9 Å². The van der Waals surface area contributed by atoms with Crippen molar-refractivity contribution in [2.24, 2.45) is 5.92 Å². The Morgan fingerprint density at radius 1 is 1.00 bits per heavy atom. The van der Waals surface area contributed by atoms with Crippen molar-refractivity contribution in [1.29, 1.82) is 0 Å². The molecular weight excluding hydrogens is 563 g/mol. The summed E-state index contributed by atoms with van der Waals surface area (Å²) in [5.74, 6) is 0.192. The summed E-state index contributed by atoms with van der Waals surface area (Å²) in [6, 6.07) is 21.3. The average Bonchev–Trinajstić information content (AvgIpc) is 2.85. The molecule has 0 bridgehead atoms. The molecule has 1 atom stereocenters. The van der Waals surface area contributed by atoms with Crippen molar-refractivity contribution in [1.82, 2.24) is 10.2 Å². The molecule has 36 heavy (non-hydrogen) atoms. The second kappa shape index (κ2) is 13.7. The van der Waals surface area contributed by atoms with E-state index in [-0.39, 0.29) is 30.9 Å². The number of nitrogens with one attached hydrogen (secondary N) is 1. The third-order valence-corrected chi connectivity index (χ3v) is 6.72. The molecule has 0 aliphatic rings. The third kappa shape index (κ3) is 8.26. The summed E-state index contributed by atoms with van der Waals surface area (Å²) >= 11 is 15.9. The smallest absolute Gasteiger partial charge is 0.261 e. The molecule has 190 valence electrons. The zero-order valence-corrected chi connectivity index (χ0v) is 23.3. The molecule has 0 saturated carbocycles. The van der Waals surface area contributed by atoms with E-state index in [0.717, 1.165) is 11.1 Å². The van der Waals surface area contributed by atoms with E-state index in [1.807, 2.05) is 62.4 Å². The second-order valence-corrected chi connectivity index (χ2v) is 10.5. The van der Waals surface area contributed by atoms with Gasteiger partial charge in [-0.3, -0.25) is 9.59 Å². The lowest BCUT2D eigenvalue weighted by Crippen LogP contribution is -2.52. The maximum absolute atomic E-state index is 13.6. The number of amides is 2. The van der Waals surface area contributed by atoms with Crippen LogP contribution in [0.5, 0.6) is 5.75 Å². The van der Waals surface area contributed by atoms with E-state index in [0.29, 0.717) is 33.2 Å². The van der Waals surface area contributed by atoms with Crippen LogP contribution in [0.3, 0.4) is 0 Å². The third-order valence-electron chi connectivity index (χ3n) is 5.50. The SMILES string of the molecule is CC(C)CNC(=O)[C@H](Cc1ccccc1)N(Cc1ccccc1Cl)C(=O)COc1ccc(Cl)cc1Br. The molecule has 3 aromatic carbocycles. The number of hydrogen-bond donors (Lipinski definition) is 1. The Kier molecular flexibility index (Phi) is 10.7. The Balaban J connectivity index is 1.92. The van der Waals surface area contributed by atoms with Crippen LogP contribution in [-0.2, 0) is 22.6 Å². The Morgan fingerprint density at radius 3 is 2.36 bits per heavy atom. The first-order valence-corrected chi connectivity index (χ1v) is 13.2. The predicted molar refractivity (Wildman–Crippen MR) is 148 cm³/mol. The van der Waals surface area contributed by atoms with Gasteiger partial charge in [0.2, 0.25) is 5.91 Å². The summed E-state index contributed by atoms with van der Waals surface area (Å²) in [5, 5.41) is 4.07. The highest BCUT2D eigenvalue weighted by Crippen LogP contribution is 2.28. The van der Waals surface area contributed by atoms with Gasteiger partial charge in [0, 0.05) is 29.6 Å². The summed E-state index contributed by atoms with van der Waals surface area (Å²) < 4.78 is 6.45. The maximum Gasteiger partial charge on any atom is 0.261 e. The van der Waals surface area contributed by atoms with Crippen molar-refractivity contribution in [2.45, 2.75) is 32.9 Å². The fourth-order valence-corrected chi connectivity index (χ4v) is 4.59. The molecule has 0 unspecified atom stereocenters. The van der Waals surface area contributed by atoms with Gasteiger partial charge in [-0.25, -0.2) is 0 Å². The van der Waals surface area contributed by atoms with Crippen molar-refractivity contribution in [2.75, 3.05) is 13.2 Å². The highest BCUT2D eigenvalue weighted by Gasteiger charge is 2.31. The largest absolute Gasteiger partial charge is 0.483 e. The highest BCUT2D eigenvalue weighted by molar-refractivity contribution is 9.10. The highest BCUT2D eigenvalue weighted by atomic mass is 79.9. The lowest BCUT2D eigenvalue weighted by atomic mass is 10.0. The number of benzene rings is 3. The maximum atomic E-state index is 13.6. The quantitative estimate of drug-likeness (QED) is 0.275. The second-order valence-electron chi connectivity index (χ2n) is 8.82. The van der Waals surface area contributed by atoms with E-state index in [2.05, 4.69) is 21.2 Å². The number of carbonyl (C=O) groups is 2. The number of ether oxygens (including phenoxy) is 1. The Morgan fingerprint density at radius 2 is 1.69 bits per heavy atom. The first kappa shape index (κ1) is 28.0. The Labute approximate surface area is 230 Å². The summed E-state index contributed by atoms with van der Waals surface area (Å²) in [6.45, 7) is 4.46. The van der Waals surface area contributed by atoms with Gasteiger partial charge in [-0.1, -0.05) is 85.6 Å². The van der Waals surface area contributed by atoms with Gasteiger partial charge in [0.15, 0.2) is 6.61 Å². The Hall–Kier alpha value is -2.54. The molecule has 0 saturated heterocycles. The van der Waals surface area contributed by atoms with Crippen molar-refractivity contribution < 1.29 is 14.3 Å². The summed E-state index contributed by atoms with van der Waals surface area (Å²) in [6.07, 6.45) is 0.353. The molecule has 1 N–H and O–H groups in total. The van der Waals surface area contributed by atoms with Crippen molar-refractivity contribution in [3.05, 3.63) is 98.4 Å². The molecule has 8 heteroatoms. The minimum absolute atomic E-state index is 0.163. The summed E-state index contributed by atoms with van der Waals surface area (Å²) in [5.41, 5.74) is 1.69. The van der Waals surface area contributed by atoms with Gasteiger partial charge >= 0.3 is 0 Å². The van der Waals surface area contributed by atoms with Crippen LogP contribution >= 0.6 is 39.1 Å². The van der Waals surface area contributed by atoms with Crippen LogP contribution in [0.2, 0.25) is 10.0 Å². The number of halogens is 3. The van der Waals surface area contributed by atoms with Gasteiger partial charge in [-0.15, -0.1) is 0 Å². The van der Waals surface area contributed by atoms with Crippen molar-refractivity contribution in [3.63, 3.8) is 0 Å². The molecule has 5 nitrogen and oxygen atoms in total. The fourth-order valence-electron chi connectivity index (χ4n) is 3.60. The molecular formula is C28H29BrCl2N2O3. The van der Waals surface area contributed by atoms with Crippen LogP contribution in [0.4, 0.5) is 0 Å². The predicted octanol–water partition coefficient (Wildman–Crippen LogP) is 6.55. The molecule has 3 rings (SSSR count). The van der Waals surface area contributed by atoms with E-state index < -0.39 is 6.04 Å². The van der Waals surface area contributed by atoms with E-state index >= 15 is 0 Å². The van der Waals surface area contributed by atoms with Crippen LogP contribution in [0, 0.1) is 5.92 Å². The molecule has 3 aromatic rings. The monoisotopic (exact) mass is 590 g/mol. The number of carbonyl (C=O) groups excluding carboxylic acids is 2. The van der Waals surface area contributed by atoms with Gasteiger partial charge in [-0.2, -0.15) is 0 Å². The van der Waals surface area contributed by atoms with Gasteiger partial charge in [-0.05, 0) is 57.2 Å². The van der Waals surface area contributed by atoms with Crippen molar-refractivity contribution in [3.8, 4) is 5.75 Å². The van der Waals surface area contributed by atoms with E-state index in [9.17, 15) is 9.59 Å². The van der Waals surface area contributed by atoms with Gasteiger partial charge < -0.3 is 15.0 Å². The zero-order chi connectivity index (χ0) is 26.1. The van der Waals surface area contributed by atoms with Gasteiger partial charge in [0.05, 0.1) is 4.47 Å². The topological polar surface area (TPSA) is 58.6 Å². The van der Waals surface area contributed by atoms with E-state index in [1.165, 1.54) is 0 Å². The van der Waals surface area contributed by atoms with Crippen LogP contribution < -0.4 is 10.1 Å². The molecule has 0 aromatic heterocycles. The van der Waals surface area contributed by atoms with Gasteiger partial charge in [0.25, 0.3) is 5.91 Å². The van der Waals surface area contributed by atoms with Crippen LogP contribution in [-0.4, -0.2) is 35.9 Å². The number of hydrogen-bond acceptors (Lipinski definition) is 3. The normalized spacial score (nSPS) is 11.7. The molecule has 0 fully saturated rings. The van der Waals surface area contributed by atoms with Crippen LogP contribution in [0.1, 0.15) is 25.0 Å². The van der Waals surface area contributed by atoms with Crippen LogP contribution in [0.15, 0.2) is 77.3 Å². The minimum Gasteiger partial charge on any atom is -0.483 e. The summed E-state index contributed by atoms with van der Waals surface area (Å²) in [7, 11) is 0. The molecule has 2 amide bonds. The molecule has 0 aliphatic carbocycles. The molecule has 0 aliphatic heterocycles. The minimum atomic E-state index is -0.757. The van der Waals surface area contributed by atoms with Crippen LogP contribution in [0.25, 0.3) is 0 Å². The standard InChI is InChI=1S/C28H29BrCl2N2O3/c1-19(2)16-32-28(35)25(14-20-8-4-3-5-9-20)33(17-21-10-6-7-11-24(21)31)27(34)18-36-26-13-12-22(30)15-23(26)29/h3-13,15,19,25H,14,16-18H2,1-2H3,(H,32,35)/t25-/m0/s1. The van der Waals surface area contributed by atoms with E-state index in [1.54, 1.807) is 29.2 Å². The lowest BCUT2D eigenvalue weighted by Gasteiger charge is -2.32. The first-order chi connectivity index (χ1) is 17.2. The van der Waals surface area contributed by atoms with E-state index in [4.69, 9.17) is 27.9 Å². The summed E-state index contributed by atoms with van der Waals surface area (Å²) in [4.78, 5) is 28.6.